The molecule has 4 atom stereocenters. The molecule has 4 heteroatoms. The summed E-state index contributed by atoms with van der Waals surface area (Å²) in [5.74, 6) is -0.892. The van der Waals surface area contributed by atoms with Crippen molar-refractivity contribution in [2.45, 2.75) is 38.5 Å². The monoisotopic (exact) mass is 294 g/mol. The molecule has 0 saturated heterocycles. The van der Waals surface area contributed by atoms with Gasteiger partial charge in [-0.2, -0.15) is 0 Å². The van der Waals surface area contributed by atoms with Crippen LogP contribution in [0.3, 0.4) is 0 Å². The molecule has 2 aliphatic rings. The van der Waals surface area contributed by atoms with Crippen LogP contribution in [0.5, 0.6) is 0 Å². The highest BCUT2D eigenvalue weighted by molar-refractivity contribution is 5.77. The van der Waals surface area contributed by atoms with Crippen LogP contribution in [-0.2, 0) is 9.53 Å². The predicted octanol–water partition coefficient (Wildman–Crippen LogP) is 4.05. The first kappa shape index (κ1) is 14.5. The zero-order valence-electron chi connectivity index (χ0n) is 12.1. The molecular weight excluding hydrogens is 274 g/mol. The SMILES string of the molecule is CC(C(=O)OCC1CC2CCCC21)c1c(F)cccc1F. The van der Waals surface area contributed by atoms with Gasteiger partial charge in [0, 0.05) is 5.56 Å². The maximum Gasteiger partial charge on any atom is 0.313 e. The fraction of sp³-hybridized carbons (Fsp3) is 0.588. The van der Waals surface area contributed by atoms with Crippen molar-refractivity contribution in [1.82, 2.24) is 0 Å². The van der Waals surface area contributed by atoms with Gasteiger partial charge in [0.15, 0.2) is 0 Å². The highest BCUT2D eigenvalue weighted by Gasteiger charge is 2.44. The molecular formula is C17H20F2O2. The molecule has 0 spiro atoms. The third-order valence-electron chi connectivity index (χ3n) is 5.15. The normalized spacial score (nSPS) is 28.6. The van der Waals surface area contributed by atoms with Gasteiger partial charge in [0.1, 0.15) is 11.6 Å². The Labute approximate surface area is 123 Å². The molecule has 3 rings (SSSR count). The number of benzene rings is 1. The second-order valence-electron chi connectivity index (χ2n) is 6.34. The number of carbonyl (C=O) groups excluding carboxylic acids is 1. The van der Waals surface area contributed by atoms with Crippen molar-refractivity contribution >= 4 is 5.97 Å². The second-order valence-corrected chi connectivity index (χ2v) is 6.34. The Morgan fingerprint density at radius 3 is 2.71 bits per heavy atom. The molecule has 0 aliphatic heterocycles. The van der Waals surface area contributed by atoms with Crippen LogP contribution in [-0.4, -0.2) is 12.6 Å². The first-order chi connectivity index (χ1) is 10.1. The summed E-state index contributed by atoms with van der Waals surface area (Å²) in [7, 11) is 0. The maximum atomic E-state index is 13.7. The van der Waals surface area contributed by atoms with Gasteiger partial charge in [-0.3, -0.25) is 4.79 Å². The Kier molecular flexibility index (Phi) is 3.96. The molecule has 0 radical (unpaired) electrons. The molecule has 0 amide bonds. The third-order valence-corrected chi connectivity index (χ3v) is 5.15. The number of carbonyl (C=O) groups is 1. The summed E-state index contributed by atoms with van der Waals surface area (Å²) >= 11 is 0. The number of rotatable bonds is 4. The predicted molar refractivity (Wildman–Crippen MR) is 74.7 cm³/mol. The smallest absolute Gasteiger partial charge is 0.313 e. The van der Waals surface area contributed by atoms with Gasteiger partial charge in [-0.15, -0.1) is 0 Å². The van der Waals surface area contributed by atoms with E-state index in [0.717, 1.165) is 24.5 Å². The Balaban J connectivity index is 1.58. The lowest BCUT2D eigenvalue weighted by atomic mass is 9.67. The topological polar surface area (TPSA) is 26.3 Å². The molecule has 0 heterocycles. The van der Waals surface area contributed by atoms with Crippen LogP contribution in [0.4, 0.5) is 8.78 Å². The lowest BCUT2D eigenvalue weighted by Gasteiger charge is -2.40. The van der Waals surface area contributed by atoms with E-state index in [-0.39, 0.29) is 5.56 Å². The highest BCUT2D eigenvalue weighted by Crippen LogP contribution is 2.51. The van der Waals surface area contributed by atoms with Crippen molar-refractivity contribution in [2.75, 3.05) is 6.61 Å². The van der Waals surface area contributed by atoms with Gasteiger partial charge in [-0.25, -0.2) is 8.78 Å². The van der Waals surface area contributed by atoms with Crippen LogP contribution in [0.15, 0.2) is 18.2 Å². The quantitative estimate of drug-likeness (QED) is 0.783. The standard InChI is InChI=1S/C17H20F2O2/c1-10(16-14(18)6-3-7-15(16)19)17(20)21-9-12-8-11-4-2-5-13(11)12/h3,6-7,10-13H,2,4-5,8-9H2,1H3. The lowest BCUT2D eigenvalue weighted by molar-refractivity contribution is -0.149. The van der Waals surface area contributed by atoms with Crippen LogP contribution < -0.4 is 0 Å². The average molecular weight is 294 g/mol. The van der Waals surface area contributed by atoms with Crippen LogP contribution in [0.1, 0.15) is 44.1 Å². The zero-order chi connectivity index (χ0) is 15.0. The zero-order valence-corrected chi connectivity index (χ0v) is 12.1. The highest BCUT2D eigenvalue weighted by atomic mass is 19.1. The molecule has 1 aromatic rings. The van der Waals surface area contributed by atoms with Gasteiger partial charge in [-0.1, -0.05) is 18.9 Å². The summed E-state index contributed by atoms with van der Waals surface area (Å²) in [5, 5.41) is 0. The van der Waals surface area contributed by atoms with Gasteiger partial charge in [0.05, 0.1) is 12.5 Å². The number of hydrogen-bond donors (Lipinski definition) is 0. The van der Waals surface area contributed by atoms with Crippen LogP contribution in [0.2, 0.25) is 0 Å². The molecule has 0 aromatic heterocycles. The molecule has 2 nitrogen and oxygen atoms in total. The molecule has 0 bridgehead atoms. The van der Waals surface area contributed by atoms with Gasteiger partial charge >= 0.3 is 5.97 Å². The Hall–Kier alpha value is -1.45. The van der Waals surface area contributed by atoms with Crippen molar-refractivity contribution in [2.24, 2.45) is 17.8 Å². The second kappa shape index (κ2) is 5.74. The Bertz CT molecular complexity index is 523. The molecule has 4 unspecified atom stereocenters. The summed E-state index contributed by atoms with van der Waals surface area (Å²) in [6.45, 7) is 1.88. The van der Waals surface area contributed by atoms with Gasteiger partial charge in [0.2, 0.25) is 0 Å². The van der Waals surface area contributed by atoms with E-state index in [1.807, 2.05) is 0 Å². The molecule has 2 fully saturated rings. The first-order valence-electron chi connectivity index (χ1n) is 7.68. The number of hydrogen-bond acceptors (Lipinski definition) is 2. The minimum Gasteiger partial charge on any atom is -0.465 e. The van der Waals surface area contributed by atoms with Crippen LogP contribution in [0, 0.1) is 29.4 Å². The number of fused-ring (bicyclic) bond motifs is 1. The van der Waals surface area contributed by atoms with Crippen molar-refractivity contribution in [1.29, 1.82) is 0 Å². The molecule has 21 heavy (non-hydrogen) atoms. The van der Waals surface area contributed by atoms with E-state index in [1.54, 1.807) is 0 Å². The first-order valence-corrected chi connectivity index (χ1v) is 7.68. The van der Waals surface area contributed by atoms with Gasteiger partial charge in [-0.05, 0) is 49.7 Å². The number of halogens is 2. The summed E-state index contributed by atoms with van der Waals surface area (Å²) in [6.07, 6.45) is 4.92. The van der Waals surface area contributed by atoms with Crippen molar-refractivity contribution in [3.8, 4) is 0 Å². The van der Waals surface area contributed by atoms with E-state index < -0.39 is 23.5 Å². The van der Waals surface area contributed by atoms with E-state index >= 15 is 0 Å². The molecule has 2 saturated carbocycles. The van der Waals surface area contributed by atoms with Crippen LogP contribution >= 0.6 is 0 Å². The van der Waals surface area contributed by atoms with E-state index in [2.05, 4.69) is 0 Å². The summed E-state index contributed by atoms with van der Waals surface area (Å²) < 4.78 is 32.6. The fourth-order valence-electron chi connectivity index (χ4n) is 3.89. The van der Waals surface area contributed by atoms with Crippen molar-refractivity contribution < 1.29 is 18.3 Å². The van der Waals surface area contributed by atoms with E-state index in [1.165, 1.54) is 32.3 Å². The number of ether oxygens (including phenoxy) is 1. The molecule has 0 N–H and O–H groups in total. The number of esters is 1. The lowest BCUT2D eigenvalue weighted by Crippen LogP contribution is -2.36. The van der Waals surface area contributed by atoms with E-state index in [9.17, 15) is 13.6 Å². The fourth-order valence-corrected chi connectivity index (χ4v) is 3.89. The minimum atomic E-state index is -0.911. The third kappa shape index (κ3) is 2.68. The minimum absolute atomic E-state index is 0.199. The van der Waals surface area contributed by atoms with Crippen molar-refractivity contribution in [3.05, 3.63) is 35.4 Å². The Morgan fingerprint density at radius 2 is 2.05 bits per heavy atom. The summed E-state index contributed by atoms with van der Waals surface area (Å²) in [5.41, 5.74) is -0.199. The largest absolute Gasteiger partial charge is 0.465 e. The molecule has 1 aromatic carbocycles. The maximum absolute atomic E-state index is 13.7. The van der Waals surface area contributed by atoms with Gasteiger partial charge in [0.25, 0.3) is 0 Å². The van der Waals surface area contributed by atoms with Crippen LogP contribution in [0.25, 0.3) is 0 Å². The van der Waals surface area contributed by atoms with Crippen molar-refractivity contribution in [3.63, 3.8) is 0 Å². The summed E-state index contributed by atoms with van der Waals surface area (Å²) in [6, 6.07) is 3.62. The molecule has 114 valence electrons. The summed E-state index contributed by atoms with van der Waals surface area (Å²) in [4.78, 5) is 12.0. The average Bonchev–Trinajstić information content (AvgIpc) is 2.80. The van der Waals surface area contributed by atoms with E-state index in [4.69, 9.17) is 4.74 Å². The molecule has 2 aliphatic carbocycles. The Morgan fingerprint density at radius 1 is 1.33 bits per heavy atom. The van der Waals surface area contributed by atoms with E-state index in [0.29, 0.717) is 18.4 Å². The van der Waals surface area contributed by atoms with Gasteiger partial charge < -0.3 is 4.74 Å².